The summed E-state index contributed by atoms with van der Waals surface area (Å²) in [6.07, 6.45) is 7.32. The van der Waals surface area contributed by atoms with Crippen LogP contribution in [0.1, 0.15) is 59.3 Å². The summed E-state index contributed by atoms with van der Waals surface area (Å²) in [5, 5.41) is 6.81. The van der Waals surface area contributed by atoms with Crippen LogP contribution >= 0.6 is 0 Å². The summed E-state index contributed by atoms with van der Waals surface area (Å²) >= 11 is 0. The Morgan fingerprint density at radius 1 is 1.21 bits per heavy atom. The van der Waals surface area contributed by atoms with Gasteiger partial charge in [0.25, 0.3) is 0 Å². The molecule has 0 radical (unpaired) electrons. The fourth-order valence-electron chi connectivity index (χ4n) is 5.02. The lowest BCUT2D eigenvalue weighted by Crippen LogP contribution is -2.57. The van der Waals surface area contributed by atoms with Crippen LogP contribution in [0.3, 0.4) is 0 Å². The number of fused-ring (bicyclic) bond motifs is 2. The van der Waals surface area contributed by atoms with Crippen molar-refractivity contribution in [1.29, 1.82) is 0 Å². The monoisotopic (exact) mass is 264 g/mol. The summed E-state index contributed by atoms with van der Waals surface area (Å²) in [5.74, 6) is 1.06. The normalized spacial score (nSPS) is 45.0. The van der Waals surface area contributed by atoms with Crippen molar-refractivity contribution in [1.82, 2.24) is 10.6 Å². The number of nitrogens with one attached hydrogen (secondary N) is 2. The fourth-order valence-corrected chi connectivity index (χ4v) is 5.02. The average Bonchev–Trinajstić information content (AvgIpc) is 2.72. The summed E-state index contributed by atoms with van der Waals surface area (Å²) in [7, 11) is 0. The van der Waals surface area contributed by atoms with E-state index >= 15 is 0 Å². The van der Waals surface area contributed by atoms with E-state index < -0.39 is 0 Å². The number of amides is 1. The topological polar surface area (TPSA) is 41.1 Å². The first-order valence-electron chi connectivity index (χ1n) is 7.97. The quantitative estimate of drug-likeness (QED) is 0.804. The zero-order valence-corrected chi connectivity index (χ0v) is 12.6. The predicted octanol–water partition coefficient (Wildman–Crippen LogP) is 2.46. The Morgan fingerprint density at radius 2 is 2.00 bits per heavy atom. The molecule has 19 heavy (non-hydrogen) atoms. The highest BCUT2D eigenvalue weighted by Crippen LogP contribution is 2.62. The van der Waals surface area contributed by atoms with Gasteiger partial charge in [0.1, 0.15) is 0 Å². The third-order valence-electron chi connectivity index (χ3n) is 6.17. The lowest BCUT2D eigenvalue weighted by molar-refractivity contribution is -0.123. The SMILES string of the molecule is CC1(C)C(NC2CCCCNC2=O)[C@]2(C)CC[C@H]1C2. The third kappa shape index (κ3) is 2.10. The van der Waals surface area contributed by atoms with Crippen molar-refractivity contribution in [2.75, 3.05) is 6.54 Å². The van der Waals surface area contributed by atoms with Crippen LogP contribution in [0.2, 0.25) is 0 Å². The van der Waals surface area contributed by atoms with Gasteiger partial charge < -0.3 is 10.6 Å². The summed E-state index contributed by atoms with van der Waals surface area (Å²) in [6.45, 7) is 8.07. The molecule has 1 heterocycles. The maximum absolute atomic E-state index is 12.2. The second-order valence-electron chi connectivity index (χ2n) is 7.85. The van der Waals surface area contributed by atoms with E-state index in [2.05, 4.69) is 31.4 Å². The molecule has 3 heteroatoms. The van der Waals surface area contributed by atoms with Gasteiger partial charge in [0.2, 0.25) is 5.91 Å². The van der Waals surface area contributed by atoms with E-state index in [9.17, 15) is 4.79 Å². The zero-order chi connectivity index (χ0) is 13.7. The first kappa shape index (κ1) is 13.4. The summed E-state index contributed by atoms with van der Waals surface area (Å²) in [6, 6.07) is 0.524. The van der Waals surface area contributed by atoms with Crippen molar-refractivity contribution < 1.29 is 4.79 Å². The van der Waals surface area contributed by atoms with Crippen LogP contribution in [0.15, 0.2) is 0 Å². The second kappa shape index (κ2) is 4.47. The minimum absolute atomic E-state index is 0.0305. The molecule has 0 aromatic heterocycles. The molecule has 1 saturated heterocycles. The second-order valence-corrected chi connectivity index (χ2v) is 7.85. The standard InChI is InChI=1S/C16H28N2O/c1-15(2)11-7-8-16(3,10-11)14(15)18-12-6-4-5-9-17-13(12)19/h11-12,14,18H,4-10H2,1-3H3,(H,17,19)/t11-,12?,14?,16+/m0/s1. The van der Waals surface area contributed by atoms with Crippen molar-refractivity contribution in [3.05, 3.63) is 0 Å². The molecule has 4 atom stereocenters. The van der Waals surface area contributed by atoms with Gasteiger partial charge in [-0.1, -0.05) is 20.8 Å². The van der Waals surface area contributed by atoms with E-state index in [1.807, 2.05) is 0 Å². The molecule has 3 rings (SSSR count). The van der Waals surface area contributed by atoms with Gasteiger partial charge in [-0.2, -0.15) is 0 Å². The van der Waals surface area contributed by atoms with Crippen LogP contribution in [-0.4, -0.2) is 24.5 Å². The molecule has 0 aromatic carbocycles. The Labute approximate surface area is 116 Å². The van der Waals surface area contributed by atoms with Crippen LogP contribution in [0, 0.1) is 16.7 Å². The Morgan fingerprint density at radius 3 is 2.68 bits per heavy atom. The van der Waals surface area contributed by atoms with Gasteiger partial charge in [0.05, 0.1) is 6.04 Å². The predicted molar refractivity (Wildman–Crippen MR) is 76.8 cm³/mol. The Bertz CT molecular complexity index is 374. The average molecular weight is 264 g/mol. The Hall–Kier alpha value is -0.570. The molecule has 3 fully saturated rings. The van der Waals surface area contributed by atoms with Crippen LogP contribution in [-0.2, 0) is 4.79 Å². The van der Waals surface area contributed by atoms with Gasteiger partial charge in [0.15, 0.2) is 0 Å². The Balaban J connectivity index is 1.76. The van der Waals surface area contributed by atoms with Crippen LogP contribution in [0.4, 0.5) is 0 Å². The largest absolute Gasteiger partial charge is 0.355 e. The highest BCUT2D eigenvalue weighted by molar-refractivity contribution is 5.82. The van der Waals surface area contributed by atoms with Crippen LogP contribution in [0.25, 0.3) is 0 Å². The van der Waals surface area contributed by atoms with E-state index in [-0.39, 0.29) is 11.9 Å². The van der Waals surface area contributed by atoms with E-state index in [0.29, 0.717) is 16.9 Å². The molecule has 2 unspecified atom stereocenters. The van der Waals surface area contributed by atoms with Crippen molar-refractivity contribution in [3.63, 3.8) is 0 Å². The van der Waals surface area contributed by atoms with Gasteiger partial charge in [-0.25, -0.2) is 0 Å². The van der Waals surface area contributed by atoms with E-state index in [1.165, 1.54) is 19.3 Å². The molecule has 2 aliphatic carbocycles. The molecule has 3 aliphatic rings. The summed E-state index contributed by atoms with van der Waals surface area (Å²) < 4.78 is 0. The maximum Gasteiger partial charge on any atom is 0.237 e. The van der Waals surface area contributed by atoms with Gasteiger partial charge in [-0.15, -0.1) is 0 Å². The lowest BCUT2D eigenvalue weighted by atomic mass is 9.68. The first-order valence-corrected chi connectivity index (χ1v) is 7.97. The highest BCUT2D eigenvalue weighted by Gasteiger charge is 2.59. The van der Waals surface area contributed by atoms with Crippen LogP contribution in [0.5, 0.6) is 0 Å². The van der Waals surface area contributed by atoms with E-state index in [4.69, 9.17) is 0 Å². The van der Waals surface area contributed by atoms with E-state index in [1.54, 1.807) is 0 Å². The number of rotatable bonds is 2. The molecule has 1 amide bonds. The van der Waals surface area contributed by atoms with Gasteiger partial charge in [-0.3, -0.25) is 4.79 Å². The molecule has 3 nitrogen and oxygen atoms in total. The Kier molecular flexibility index (Phi) is 3.16. The third-order valence-corrected chi connectivity index (χ3v) is 6.17. The minimum atomic E-state index is 0.0305. The van der Waals surface area contributed by atoms with Crippen LogP contribution < -0.4 is 10.6 Å². The molecule has 0 aromatic rings. The van der Waals surface area contributed by atoms with Crippen molar-refractivity contribution in [2.24, 2.45) is 16.7 Å². The fraction of sp³-hybridized carbons (Fsp3) is 0.938. The smallest absolute Gasteiger partial charge is 0.237 e. The summed E-state index contributed by atoms with van der Waals surface area (Å²) in [4.78, 5) is 12.2. The lowest BCUT2D eigenvalue weighted by Gasteiger charge is -2.44. The molecule has 0 spiro atoms. The van der Waals surface area contributed by atoms with E-state index in [0.717, 1.165) is 31.7 Å². The molecule has 2 N–H and O–H groups in total. The van der Waals surface area contributed by atoms with Crippen molar-refractivity contribution in [2.45, 2.75) is 71.4 Å². The molecular weight excluding hydrogens is 236 g/mol. The molecule has 2 saturated carbocycles. The molecule has 108 valence electrons. The van der Waals surface area contributed by atoms with Crippen molar-refractivity contribution >= 4 is 5.91 Å². The maximum atomic E-state index is 12.2. The highest BCUT2D eigenvalue weighted by atomic mass is 16.2. The molecule has 1 aliphatic heterocycles. The van der Waals surface area contributed by atoms with Gasteiger partial charge in [0, 0.05) is 12.6 Å². The zero-order valence-electron chi connectivity index (χ0n) is 12.6. The molecule has 2 bridgehead atoms. The first-order chi connectivity index (χ1) is 8.93. The van der Waals surface area contributed by atoms with Crippen molar-refractivity contribution in [3.8, 4) is 0 Å². The minimum Gasteiger partial charge on any atom is -0.355 e. The number of carbonyl (C=O) groups is 1. The van der Waals surface area contributed by atoms with Gasteiger partial charge >= 0.3 is 0 Å². The van der Waals surface area contributed by atoms with Gasteiger partial charge in [-0.05, 0) is 55.3 Å². The molecular formula is C16H28N2O. The number of carbonyl (C=O) groups excluding carboxylic acids is 1. The number of hydrogen-bond donors (Lipinski definition) is 2. The summed E-state index contributed by atoms with van der Waals surface area (Å²) in [5.41, 5.74) is 0.736. The number of hydrogen-bond acceptors (Lipinski definition) is 2.